The van der Waals surface area contributed by atoms with E-state index in [-0.39, 0.29) is 0 Å². The van der Waals surface area contributed by atoms with Crippen molar-refractivity contribution in [2.45, 2.75) is 13.5 Å². The van der Waals surface area contributed by atoms with Crippen LogP contribution in [0.4, 0.5) is 0 Å². The van der Waals surface area contributed by atoms with Crippen LogP contribution in [-0.2, 0) is 6.54 Å². The molecule has 0 spiro atoms. The number of hydrogen-bond acceptors (Lipinski definition) is 2. The second kappa shape index (κ2) is 5.61. The van der Waals surface area contributed by atoms with Crippen LogP contribution in [0.2, 0.25) is 10.0 Å². The zero-order valence-electron chi connectivity index (χ0n) is 9.91. The van der Waals surface area contributed by atoms with Crippen LogP contribution in [0.15, 0.2) is 36.4 Å². The molecule has 4 heteroatoms. The Morgan fingerprint density at radius 2 is 1.89 bits per heavy atom. The van der Waals surface area contributed by atoms with Gasteiger partial charge in [0.25, 0.3) is 0 Å². The van der Waals surface area contributed by atoms with E-state index >= 15 is 0 Å². The van der Waals surface area contributed by atoms with Crippen molar-refractivity contribution in [2.24, 2.45) is 5.73 Å². The fraction of sp³-hybridized carbons (Fsp3) is 0.143. The Balaban J connectivity index is 2.28. The highest BCUT2D eigenvalue weighted by molar-refractivity contribution is 6.31. The molecule has 0 heterocycles. The Kier molecular flexibility index (Phi) is 4.12. The first-order chi connectivity index (χ1) is 8.60. The lowest BCUT2D eigenvalue weighted by molar-refractivity contribution is 0.479. The molecule has 2 rings (SSSR count). The summed E-state index contributed by atoms with van der Waals surface area (Å²) in [7, 11) is 0. The number of aryl methyl sites for hydroxylation is 1. The average Bonchev–Trinajstić information content (AvgIpc) is 2.34. The summed E-state index contributed by atoms with van der Waals surface area (Å²) in [6, 6.07) is 11.0. The van der Waals surface area contributed by atoms with Gasteiger partial charge in [0.2, 0.25) is 0 Å². The van der Waals surface area contributed by atoms with Gasteiger partial charge in [-0.2, -0.15) is 0 Å². The largest absolute Gasteiger partial charge is 0.457 e. The van der Waals surface area contributed by atoms with Gasteiger partial charge in [0.05, 0.1) is 0 Å². The van der Waals surface area contributed by atoms with E-state index < -0.39 is 0 Å². The summed E-state index contributed by atoms with van der Waals surface area (Å²) in [6.07, 6.45) is 0. The predicted molar refractivity (Wildman–Crippen MR) is 75.6 cm³/mol. The summed E-state index contributed by atoms with van der Waals surface area (Å²) >= 11 is 12.0. The number of halogens is 2. The predicted octanol–water partition coefficient (Wildman–Crippen LogP) is 4.55. The van der Waals surface area contributed by atoms with Gasteiger partial charge in [0.15, 0.2) is 0 Å². The summed E-state index contributed by atoms with van der Waals surface area (Å²) in [4.78, 5) is 0. The smallest absolute Gasteiger partial charge is 0.131 e. The topological polar surface area (TPSA) is 35.2 Å². The van der Waals surface area contributed by atoms with E-state index in [9.17, 15) is 0 Å². The Labute approximate surface area is 116 Å². The molecule has 0 aliphatic rings. The number of ether oxygens (including phenoxy) is 1. The van der Waals surface area contributed by atoms with Gasteiger partial charge < -0.3 is 10.5 Å². The summed E-state index contributed by atoms with van der Waals surface area (Å²) in [6.45, 7) is 2.37. The summed E-state index contributed by atoms with van der Waals surface area (Å²) in [5.41, 5.74) is 7.46. The van der Waals surface area contributed by atoms with Gasteiger partial charge >= 0.3 is 0 Å². The molecule has 2 nitrogen and oxygen atoms in total. The molecular weight excluding hydrogens is 269 g/mol. The monoisotopic (exact) mass is 281 g/mol. The molecule has 2 N–H and O–H groups in total. The minimum atomic E-state index is 0.412. The van der Waals surface area contributed by atoms with Crippen LogP contribution in [0, 0.1) is 6.92 Å². The molecule has 18 heavy (non-hydrogen) atoms. The number of hydrogen-bond donors (Lipinski definition) is 1. The zero-order valence-corrected chi connectivity index (χ0v) is 11.4. The third-order valence-corrected chi connectivity index (χ3v) is 3.21. The maximum absolute atomic E-state index is 6.08. The van der Waals surface area contributed by atoms with Crippen LogP contribution in [0.3, 0.4) is 0 Å². The summed E-state index contributed by atoms with van der Waals surface area (Å²) in [5.74, 6) is 1.39. The standard InChI is InChI=1S/C14H13Cl2NO/c1-9-2-4-11(15)6-14(9)18-12-5-3-10(8-17)13(16)7-12/h2-7H,8,17H2,1H3. The van der Waals surface area contributed by atoms with E-state index in [0.29, 0.717) is 22.3 Å². The Morgan fingerprint density at radius 3 is 2.56 bits per heavy atom. The van der Waals surface area contributed by atoms with E-state index in [2.05, 4.69) is 0 Å². The number of nitrogens with two attached hydrogens (primary N) is 1. The SMILES string of the molecule is Cc1ccc(Cl)cc1Oc1ccc(CN)c(Cl)c1. The molecule has 0 saturated carbocycles. The van der Waals surface area contributed by atoms with Crippen molar-refractivity contribution in [1.82, 2.24) is 0 Å². The first-order valence-corrected chi connectivity index (χ1v) is 6.28. The maximum Gasteiger partial charge on any atom is 0.131 e. The van der Waals surface area contributed by atoms with Crippen molar-refractivity contribution in [1.29, 1.82) is 0 Å². The van der Waals surface area contributed by atoms with Crippen molar-refractivity contribution in [3.8, 4) is 11.5 Å². The normalized spacial score (nSPS) is 10.4. The van der Waals surface area contributed by atoms with Crippen molar-refractivity contribution in [3.05, 3.63) is 57.6 Å². The van der Waals surface area contributed by atoms with E-state index in [4.69, 9.17) is 33.7 Å². The van der Waals surface area contributed by atoms with Crippen LogP contribution in [0.25, 0.3) is 0 Å². The van der Waals surface area contributed by atoms with Gasteiger partial charge in [-0.3, -0.25) is 0 Å². The fourth-order valence-electron chi connectivity index (χ4n) is 1.57. The van der Waals surface area contributed by atoms with Gasteiger partial charge in [-0.05, 0) is 42.3 Å². The van der Waals surface area contributed by atoms with Gasteiger partial charge in [-0.25, -0.2) is 0 Å². The first kappa shape index (κ1) is 13.2. The van der Waals surface area contributed by atoms with Crippen molar-refractivity contribution in [2.75, 3.05) is 0 Å². The molecule has 0 unspecified atom stereocenters. The lowest BCUT2D eigenvalue weighted by Crippen LogP contribution is -1.97. The molecule has 2 aromatic carbocycles. The van der Waals surface area contributed by atoms with E-state index in [1.165, 1.54) is 0 Å². The highest BCUT2D eigenvalue weighted by atomic mass is 35.5. The third kappa shape index (κ3) is 2.96. The van der Waals surface area contributed by atoms with E-state index in [1.54, 1.807) is 12.1 Å². The Morgan fingerprint density at radius 1 is 1.11 bits per heavy atom. The van der Waals surface area contributed by atoms with Crippen LogP contribution >= 0.6 is 23.2 Å². The lowest BCUT2D eigenvalue weighted by atomic mass is 10.2. The molecule has 0 aliphatic carbocycles. The molecule has 0 saturated heterocycles. The molecular formula is C14H13Cl2NO. The second-order valence-electron chi connectivity index (χ2n) is 3.97. The average molecular weight is 282 g/mol. The molecule has 0 atom stereocenters. The second-order valence-corrected chi connectivity index (χ2v) is 4.81. The van der Waals surface area contributed by atoms with Crippen LogP contribution in [-0.4, -0.2) is 0 Å². The molecule has 0 amide bonds. The number of benzene rings is 2. The molecule has 0 bridgehead atoms. The first-order valence-electron chi connectivity index (χ1n) is 5.52. The highest BCUT2D eigenvalue weighted by Gasteiger charge is 2.05. The van der Waals surface area contributed by atoms with Gasteiger partial charge in [-0.15, -0.1) is 0 Å². The third-order valence-electron chi connectivity index (χ3n) is 2.62. The quantitative estimate of drug-likeness (QED) is 0.896. The van der Waals surface area contributed by atoms with Crippen LogP contribution in [0.1, 0.15) is 11.1 Å². The van der Waals surface area contributed by atoms with Crippen LogP contribution < -0.4 is 10.5 Å². The van der Waals surface area contributed by atoms with Crippen LogP contribution in [0.5, 0.6) is 11.5 Å². The van der Waals surface area contributed by atoms with Gasteiger partial charge in [0.1, 0.15) is 11.5 Å². The maximum atomic E-state index is 6.08. The fourth-order valence-corrected chi connectivity index (χ4v) is 1.98. The molecule has 94 valence electrons. The van der Waals surface area contributed by atoms with E-state index in [1.807, 2.05) is 31.2 Å². The minimum absolute atomic E-state index is 0.412. The summed E-state index contributed by atoms with van der Waals surface area (Å²) in [5, 5.41) is 1.25. The van der Waals surface area contributed by atoms with Crippen molar-refractivity contribution < 1.29 is 4.74 Å². The van der Waals surface area contributed by atoms with E-state index in [0.717, 1.165) is 16.9 Å². The van der Waals surface area contributed by atoms with Crippen molar-refractivity contribution >= 4 is 23.2 Å². The minimum Gasteiger partial charge on any atom is -0.457 e. The van der Waals surface area contributed by atoms with Gasteiger partial charge in [0, 0.05) is 16.6 Å². The number of rotatable bonds is 3. The highest BCUT2D eigenvalue weighted by Crippen LogP contribution is 2.30. The molecule has 0 aromatic heterocycles. The van der Waals surface area contributed by atoms with Crippen molar-refractivity contribution in [3.63, 3.8) is 0 Å². The molecule has 0 fully saturated rings. The molecule has 0 aliphatic heterocycles. The lowest BCUT2D eigenvalue weighted by Gasteiger charge is -2.10. The Bertz CT molecular complexity index is 570. The zero-order chi connectivity index (χ0) is 13.1. The van der Waals surface area contributed by atoms with Gasteiger partial charge in [-0.1, -0.05) is 35.3 Å². The molecule has 2 aromatic rings. The molecule has 0 radical (unpaired) electrons. The Hall–Kier alpha value is -1.22. The summed E-state index contributed by atoms with van der Waals surface area (Å²) < 4.78 is 5.76.